The first-order chi connectivity index (χ1) is 9.15. The quantitative estimate of drug-likeness (QED) is 0.892. The van der Waals surface area contributed by atoms with Crippen LogP contribution in [-0.4, -0.2) is 30.0 Å². The zero-order valence-electron chi connectivity index (χ0n) is 11.0. The first-order valence-electron chi connectivity index (χ1n) is 6.53. The topological polar surface area (TPSA) is 41.1 Å². The first kappa shape index (κ1) is 14.3. The number of carbonyl (C=O) groups excluding carboxylic acids is 1. The molecule has 0 aliphatic carbocycles. The minimum atomic E-state index is -0.248. The van der Waals surface area contributed by atoms with E-state index in [0.717, 1.165) is 25.9 Å². The predicted octanol–water partition coefficient (Wildman–Crippen LogP) is 2.56. The summed E-state index contributed by atoms with van der Waals surface area (Å²) >= 11 is 1.71. The second-order valence-electron chi connectivity index (χ2n) is 4.77. The van der Waals surface area contributed by atoms with Crippen LogP contribution in [0.15, 0.2) is 18.2 Å². The number of nitrogens with one attached hydrogen (secondary N) is 2. The zero-order valence-corrected chi connectivity index (χ0v) is 11.9. The number of hydrogen-bond donors (Lipinski definition) is 2. The third kappa shape index (κ3) is 4.51. The molecule has 1 fully saturated rings. The maximum absolute atomic E-state index is 13.1. The molecular formula is C14H19FN2OS. The number of piperidine rings is 1. The van der Waals surface area contributed by atoms with Crippen LogP contribution in [0.3, 0.4) is 0 Å². The van der Waals surface area contributed by atoms with E-state index in [-0.39, 0.29) is 11.7 Å². The second-order valence-corrected chi connectivity index (χ2v) is 6.06. The molecule has 1 heterocycles. The minimum Gasteiger partial charge on any atom is -0.325 e. The number of benzene rings is 1. The van der Waals surface area contributed by atoms with Crippen LogP contribution >= 0.6 is 11.8 Å². The van der Waals surface area contributed by atoms with Gasteiger partial charge in [-0.1, -0.05) is 0 Å². The Morgan fingerprint density at radius 1 is 1.47 bits per heavy atom. The number of carbonyl (C=O) groups is 1. The summed E-state index contributed by atoms with van der Waals surface area (Å²) in [5.74, 6) is 0.192. The highest BCUT2D eigenvalue weighted by Gasteiger charge is 2.15. The number of aryl methyl sites for hydroxylation is 1. The van der Waals surface area contributed by atoms with Crippen LogP contribution in [0.25, 0.3) is 0 Å². The third-order valence-corrected chi connectivity index (χ3v) is 4.55. The van der Waals surface area contributed by atoms with Gasteiger partial charge in [0.25, 0.3) is 0 Å². The van der Waals surface area contributed by atoms with Crippen molar-refractivity contribution < 1.29 is 9.18 Å². The molecule has 0 atom stereocenters. The maximum Gasteiger partial charge on any atom is 0.234 e. The zero-order chi connectivity index (χ0) is 13.7. The van der Waals surface area contributed by atoms with Gasteiger partial charge in [0.2, 0.25) is 5.91 Å². The minimum absolute atomic E-state index is 0.0189. The maximum atomic E-state index is 13.1. The summed E-state index contributed by atoms with van der Waals surface area (Å²) in [6.07, 6.45) is 2.24. The van der Waals surface area contributed by atoms with Crippen molar-refractivity contribution in [1.82, 2.24) is 5.32 Å². The Hall–Kier alpha value is -1.07. The van der Waals surface area contributed by atoms with Gasteiger partial charge in [-0.25, -0.2) is 4.39 Å². The Balaban J connectivity index is 1.78. The van der Waals surface area contributed by atoms with Crippen molar-refractivity contribution in [2.45, 2.75) is 25.0 Å². The van der Waals surface area contributed by atoms with Gasteiger partial charge in [0.15, 0.2) is 0 Å². The Morgan fingerprint density at radius 2 is 2.21 bits per heavy atom. The fraction of sp³-hybridized carbons (Fsp3) is 0.500. The van der Waals surface area contributed by atoms with Crippen molar-refractivity contribution in [2.75, 3.05) is 24.2 Å². The van der Waals surface area contributed by atoms with Gasteiger partial charge >= 0.3 is 0 Å². The molecule has 0 aromatic heterocycles. The van der Waals surface area contributed by atoms with Crippen LogP contribution in [0.4, 0.5) is 10.1 Å². The lowest BCUT2D eigenvalue weighted by Gasteiger charge is -2.21. The largest absolute Gasteiger partial charge is 0.325 e. The number of thioether (sulfide) groups is 1. The van der Waals surface area contributed by atoms with Gasteiger partial charge in [-0.2, -0.15) is 0 Å². The van der Waals surface area contributed by atoms with Crippen molar-refractivity contribution in [1.29, 1.82) is 0 Å². The molecule has 0 saturated carbocycles. The van der Waals surface area contributed by atoms with Crippen molar-refractivity contribution in [3.05, 3.63) is 29.6 Å². The van der Waals surface area contributed by atoms with E-state index < -0.39 is 0 Å². The van der Waals surface area contributed by atoms with Crippen LogP contribution in [0, 0.1) is 12.7 Å². The molecule has 1 aliphatic rings. The predicted molar refractivity (Wildman–Crippen MR) is 78.1 cm³/mol. The van der Waals surface area contributed by atoms with E-state index in [2.05, 4.69) is 10.6 Å². The Bertz CT molecular complexity index is 447. The summed E-state index contributed by atoms with van der Waals surface area (Å²) in [4.78, 5) is 11.8. The van der Waals surface area contributed by atoms with E-state index in [1.54, 1.807) is 30.8 Å². The summed E-state index contributed by atoms with van der Waals surface area (Å²) in [7, 11) is 0. The Kier molecular flexibility index (Phi) is 5.22. The van der Waals surface area contributed by atoms with Gasteiger partial charge in [0.05, 0.1) is 5.75 Å². The van der Waals surface area contributed by atoms with E-state index in [9.17, 15) is 9.18 Å². The number of amides is 1. The SMILES string of the molecule is Cc1cc(NC(=O)CSC2CCNCC2)ccc1F. The highest BCUT2D eigenvalue weighted by atomic mass is 32.2. The highest BCUT2D eigenvalue weighted by molar-refractivity contribution is 8.00. The van der Waals surface area contributed by atoms with Gasteiger partial charge in [-0.05, 0) is 56.6 Å². The average Bonchev–Trinajstić information content (AvgIpc) is 2.42. The molecule has 0 bridgehead atoms. The number of halogens is 1. The van der Waals surface area contributed by atoms with E-state index in [1.807, 2.05) is 0 Å². The summed E-state index contributed by atoms with van der Waals surface area (Å²) < 4.78 is 13.1. The molecule has 3 nitrogen and oxygen atoms in total. The summed E-state index contributed by atoms with van der Waals surface area (Å²) in [6.45, 7) is 3.77. The summed E-state index contributed by atoms with van der Waals surface area (Å²) in [5, 5.41) is 6.68. The van der Waals surface area contributed by atoms with Crippen molar-refractivity contribution in [3.63, 3.8) is 0 Å². The molecule has 0 spiro atoms. The molecule has 0 radical (unpaired) electrons. The molecule has 19 heavy (non-hydrogen) atoms. The summed E-state index contributed by atoms with van der Waals surface area (Å²) in [6, 6.07) is 4.63. The van der Waals surface area contributed by atoms with Gasteiger partial charge in [-0.15, -0.1) is 11.8 Å². The molecule has 104 valence electrons. The Labute approximate surface area is 117 Å². The average molecular weight is 282 g/mol. The fourth-order valence-electron chi connectivity index (χ4n) is 2.08. The number of rotatable bonds is 4. The molecule has 1 aliphatic heterocycles. The number of hydrogen-bond acceptors (Lipinski definition) is 3. The monoisotopic (exact) mass is 282 g/mol. The van der Waals surface area contributed by atoms with Gasteiger partial charge in [-0.3, -0.25) is 4.79 Å². The highest BCUT2D eigenvalue weighted by Crippen LogP contribution is 2.20. The molecular weight excluding hydrogens is 263 g/mol. The summed E-state index contributed by atoms with van der Waals surface area (Å²) in [5.41, 5.74) is 1.21. The van der Waals surface area contributed by atoms with Crippen LogP contribution in [0.1, 0.15) is 18.4 Å². The standard InChI is InChI=1S/C14H19FN2OS/c1-10-8-11(2-3-13(10)15)17-14(18)9-19-12-4-6-16-7-5-12/h2-3,8,12,16H,4-7,9H2,1H3,(H,17,18). The third-order valence-electron chi connectivity index (χ3n) is 3.18. The molecule has 1 aromatic carbocycles. The van der Waals surface area contributed by atoms with Gasteiger partial charge < -0.3 is 10.6 Å². The molecule has 1 aromatic rings. The van der Waals surface area contributed by atoms with Gasteiger partial charge in [0, 0.05) is 10.9 Å². The molecule has 0 unspecified atom stereocenters. The van der Waals surface area contributed by atoms with E-state index >= 15 is 0 Å². The molecule has 5 heteroatoms. The Morgan fingerprint density at radius 3 is 2.89 bits per heavy atom. The van der Waals surface area contributed by atoms with Crippen molar-refractivity contribution >= 4 is 23.4 Å². The van der Waals surface area contributed by atoms with Crippen LogP contribution < -0.4 is 10.6 Å². The van der Waals surface area contributed by atoms with E-state index in [1.165, 1.54) is 6.07 Å². The van der Waals surface area contributed by atoms with Crippen molar-refractivity contribution in [3.8, 4) is 0 Å². The fourth-order valence-corrected chi connectivity index (χ4v) is 3.10. The number of anilines is 1. The lowest BCUT2D eigenvalue weighted by atomic mass is 10.2. The van der Waals surface area contributed by atoms with E-state index in [0.29, 0.717) is 22.3 Å². The van der Waals surface area contributed by atoms with Crippen LogP contribution in [0.5, 0.6) is 0 Å². The van der Waals surface area contributed by atoms with Gasteiger partial charge in [0.1, 0.15) is 5.82 Å². The van der Waals surface area contributed by atoms with E-state index in [4.69, 9.17) is 0 Å². The van der Waals surface area contributed by atoms with Crippen molar-refractivity contribution in [2.24, 2.45) is 0 Å². The molecule has 1 saturated heterocycles. The second kappa shape index (κ2) is 6.91. The molecule has 2 rings (SSSR count). The smallest absolute Gasteiger partial charge is 0.234 e. The lowest BCUT2D eigenvalue weighted by molar-refractivity contribution is -0.113. The lowest BCUT2D eigenvalue weighted by Crippen LogP contribution is -2.30. The molecule has 2 N–H and O–H groups in total. The first-order valence-corrected chi connectivity index (χ1v) is 7.58. The van der Waals surface area contributed by atoms with Crippen LogP contribution in [0.2, 0.25) is 0 Å². The van der Waals surface area contributed by atoms with Crippen LogP contribution in [-0.2, 0) is 4.79 Å². The molecule has 1 amide bonds. The normalized spacial score (nSPS) is 16.3.